The number of hydrogen-bond acceptors (Lipinski definition) is 3. The van der Waals surface area contributed by atoms with Crippen LogP contribution in [0.4, 0.5) is 5.69 Å². The summed E-state index contributed by atoms with van der Waals surface area (Å²) >= 11 is 0. The molecule has 1 heterocycles. The fraction of sp³-hybridized carbons (Fsp3) is 0.235. The zero-order chi connectivity index (χ0) is 14.8. The first-order valence-electron chi connectivity index (χ1n) is 7.06. The number of nitrogens with zero attached hydrogens (tertiary/aromatic N) is 1. The molecule has 0 spiro atoms. The van der Waals surface area contributed by atoms with Crippen LogP contribution >= 0.6 is 0 Å². The molecule has 1 aliphatic rings. The van der Waals surface area contributed by atoms with E-state index >= 15 is 0 Å². The highest BCUT2D eigenvalue weighted by Crippen LogP contribution is 2.26. The number of benzene rings is 2. The number of aromatic hydroxyl groups is 1. The Bertz CT molecular complexity index is 652. The maximum Gasteiger partial charge on any atom is 0.244 e. The second-order valence-electron chi connectivity index (χ2n) is 5.32. The van der Waals surface area contributed by atoms with Gasteiger partial charge in [-0.15, -0.1) is 0 Å². The first-order valence-corrected chi connectivity index (χ1v) is 7.06. The number of carbonyl (C=O) groups excluding carboxylic acids is 1. The maximum absolute atomic E-state index is 12.6. The molecule has 0 radical (unpaired) electrons. The fourth-order valence-corrected chi connectivity index (χ4v) is 2.57. The molecule has 21 heavy (non-hydrogen) atoms. The SMILES string of the molecule is CC1NCc2ccccc2N(Cc2ccc(O)cc2)C1=O. The van der Waals surface area contributed by atoms with E-state index in [9.17, 15) is 9.90 Å². The van der Waals surface area contributed by atoms with Crippen molar-refractivity contribution in [2.24, 2.45) is 0 Å². The van der Waals surface area contributed by atoms with Crippen LogP contribution < -0.4 is 10.2 Å². The van der Waals surface area contributed by atoms with E-state index in [1.807, 2.05) is 48.2 Å². The van der Waals surface area contributed by atoms with E-state index in [0.717, 1.165) is 16.8 Å². The molecule has 2 aromatic rings. The van der Waals surface area contributed by atoms with Crippen molar-refractivity contribution in [1.82, 2.24) is 5.32 Å². The Hall–Kier alpha value is -2.33. The lowest BCUT2D eigenvalue weighted by atomic mass is 10.1. The summed E-state index contributed by atoms with van der Waals surface area (Å²) in [6, 6.07) is 14.7. The number of nitrogens with one attached hydrogen (secondary N) is 1. The number of anilines is 1. The largest absolute Gasteiger partial charge is 0.508 e. The molecule has 3 rings (SSSR count). The molecule has 108 valence electrons. The van der Waals surface area contributed by atoms with Crippen molar-refractivity contribution >= 4 is 11.6 Å². The van der Waals surface area contributed by atoms with Crippen LogP contribution in [-0.2, 0) is 17.9 Å². The number of carbonyl (C=O) groups is 1. The van der Waals surface area contributed by atoms with E-state index in [4.69, 9.17) is 0 Å². The minimum atomic E-state index is -0.213. The van der Waals surface area contributed by atoms with Gasteiger partial charge in [-0.25, -0.2) is 0 Å². The average Bonchev–Trinajstić information content (AvgIpc) is 2.62. The highest BCUT2D eigenvalue weighted by atomic mass is 16.3. The molecule has 0 bridgehead atoms. The van der Waals surface area contributed by atoms with Crippen LogP contribution in [0.5, 0.6) is 5.75 Å². The van der Waals surface area contributed by atoms with Gasteiger partial charge >= 0.3 is 0 Å². The van der Waals surface area contributed by atoms with Crippen LogP contribution in [0.2, 0.25) is 0 Å². The minimum absolute atomic E-state index is 0.0630. The lowest BCUT2D eigenvalue weighted by molar-refractivity contribution is -0.120. The molecule has 2 N–H and O–H groups in total. The molecule has 0 aliphatic carbocycles. The van der Waals surface area contributed by atoms with Gasteiger partial charge in [0.25, 0.3) is 0 Å². The Labute approximate surface area is 124 Å². The van der Waals surface area contributed by atoms with E-state index in [1.54, 1.807) is 12.1 Å². The van der Waals surface area contributed by atoms with Gasteiger partial charge < -0.3 is 15.3 Å². The normalized spacial score (nSPS) is 18.2. The summed E-state index contributed by atoms with van der Waals surface area (Å²) in [7, 11) is 0. The molecule has 2 aromatic carbocycles. The molecule has 0 aromatic heterocycles. The van der Waals surface area contributed by atoms with Gasteiger partial charge in [0.05, 0.1) is 12.6 Å². The summed E-state index contributed by atoms with van der Waals surface area (Å²) in [6.45, 7) is 3.08. The minimum Gasteiger partial charge on any atom is -0.508 e. The Morgan fingerprint density at radius 2 is 1.90 bits per heavy atom. The van der Waals surface area contributed by atoms with E-state index < -0.39 is 0 Å². The van der Waals surface area contributed by atoms with Gasteiger partial charge in [-0.1, -0.05) is 30.3 Å². The first-order chi connectivity index (χ1) is 10.1. The third kappa shape index (κ3) is 2.76. The van der Waals surface area contributed by atoms with E-state index in [2.05, 4.69) is 5.32 Å². The lowest BCUT2D eigenvalue weighted by Crippen LogP contribution is -2.42. The molecule has 4 nitrogen and oxygen atoms in total. The van der Waals surface area contributed by atoms with Gasteiger partial charge in [0.15, 0.2) is 0 Å². The first kappa shape index (κ1) is 13.6. The summed E-state index contributed by atoms with van der Waals surface area (Å²) < 4.78 is 0. The summed E-state index contributed by atoms with van der Waals surface area (Å²) in [5, 5.41) is 12.6. The van der Waals surface area contributed by atoms with E-state index in [-0.39, 0.29) is 17.7 Å². The molecular formula is C17H18N2O2. The standard InChI is InChI=1S/C17H18N2O2/c1-12-17(21)19(11-13-6-8-15(20)9-7-13)16-5-3-2-4-14(16)10-18-12/h2-9,12,18,20H,10-11H2,1H3. The lowest BCUT2D eigenvalue weighted by Gasteiger charge is -2.24. The summed E-state index contributed by atoms with van der Waals surface area (Å²) in [5.74, 6) is 0.296. The van der Waals surface area contributed by atoms with Crippen LogP contribution in [0, 0.1) is 0 Å². The smallest absolute Gasteiger partial charge is 0.244 e. The van der Waals surface area contributed by atoms with Crippen molar-refractivity contribution in [2.75, 3.05) is 4.90 Å². The molecular weight excluding hydrogens is 264 g/mol. The third-order valence-electron chi connectivity index (χ3n) is 3.79. The fourth-order valence-electron chi connectivity index (χ4n) is 2.57. The zero-order valence-corrected chi connectivity index (χ0v) is 11.9. The summed E-state index contributed by atoms with van der Waals surface area (Å²) in [4.78, 5) is 14.4. The second kappa shape index (κ2) is 5.58. The molecule has 1 unspecified atom stereocenters. The van der Waals surface area contributed by atoms with Crippen LogP contribution in [0.25, 0.3) is 0 Å². The highest BCUT2D eigenvalue weighted by molar-refractivity contribution is 5.98. The Morgan fingerprint density at radius 1 is 1.19 bits per heavy atom. The maximum atomic E-state index is 12.6. The monoisotopic (exact) mass is 282 g/mol. The number of rotatable bonds is 2. The van der Waals surface area contributed by atoms with Gasteiger partial charge in [0.1, 0.15) is 5.75 Å². The van der Waals surface area contributed by atoms with Crippen LogP contribution in [0.3, 0.4) is 0 Å². The van der Waals surface area contributed by atoms with E-state index in [1.165, 1.54) is 0 Å². The predicted octanol–water partition coefficient (Wildman–Crippen LogP) is 2.42. The number of hydrogen-bond donors (Lipinski definition) is 2. The number of phenolic OH excluding ortho intramolecular Hbond substituents is 1. The van der Waals surface area contributed by atoms with Crippen molar-refractivity contribution in [3.8, 4) is 5.75 Å². The van der Waals surface area contributed by atoms with Crippen molar-refractivity contribution in [1.29, 1.82) is 0 Å². The summed E-state index contributed by atoms with van der Waals surface area (Å²) in [5.41, 5.74) is 3.06. The molecule has 0 fully saturated rings. The van der Waals surface area contributed by atoms with Crippen molar-refractivity contribution in [3.05, 3.63) is 59.7 Å². The van der Waals surface area contributed by atoms with E-state index in [0.29, 0.717) is 13.1 Å². The van der Waals surface area contributed by atoms with Crippen LogP contribution in [0.15, 0.2) is 48.5 Å². The third-order valence-corrected chi connectivity index (χ3v) is 3.79. The molecule has 4 heteroatoms. The Balaban J connectivity index is 1.97. The highest BCUT2D eigenvalue weighted by Gasteiger charge is 2.26. The van der Waals surface area contributed by atoms with Crippen molar-refractivity contribution < 1.29 is 9.90 Å². The topological polar surface area (TPSA) is 52.6 Å². The number of para-hydroxylation sites is 1. The van der Waals surface area contributed by atoms with Crippen molar-refractivity contribution in [3.63, 3.8) is 0 Å². The molecule has 1 atom stereocenters. The molecule has 0 saturated carbocycles. The number of fused-ring (bicyclic) bond motifs is 1. The van der Waals surface area contributed by atoms with Gasteiger partial charge in [-0.2, -0.15) is 0 Å². The quantitative estimate of drug-likeness (QED) is 0.889. The van der Waals surface area contributed by atoms with Crippen LogP contribution in [0.1, 0.15) is 18.1 Å². The van der Waals surface area contributed by atoms with Gasteiger partial charge in [-0.3, -0.25) is 4.79 Å². The van der Waals surface area contributed by atoms with Gasteiger partial charge in [0.2, 0.25) is 5.91 Å². The molecule has 0 saturated heterocycles. The molecule has 1 aliphatic heterocycles. The van der Waals surface area contributed by atoms with Gasteiger partial charge in [0, 0.05) is 12.2 Å². The number of amides is 1. The Kier molecular flexibility index (Phi) is 3.62. The average molecular weight is 282 g/mol. The number of phenols is 1. The Morgan fingerprint density at radius 3 is 2.67 bits per heavy atom. The predicted molar refractivity (Wildman–Crippen MR) is 82.0 cm³/mol. The van der Waals surface area contributed by atoms with Crippen LogP contribution in [-0.4, -0.2) is 17.1 Å². The van der Waals surface area contributed by atoms with Gasteiger partial charge in [-0.05, 0) is 36.2 Å². The zero-order valence-electron chi connectivity index (χ0n) is 11.9. The molecule has 1 amide bonds. The summed E-state index contributed by atoms with van der Waals surface area (Å²) in [6.07, 6.45) is 0. The second-order valence-corrected chi connectivity index (χ2v) is 5.32. The van der Waals surface area contributed by atoms with Crippen molar-refractivity contribution in [2.45, 2.75) is 26.1 Å².